The second-order valence-electron chi connectivity index (χ2n) is 7.36. The van der Waals surface area contributed by atoms with E-state index in [1.165, 1.54) is 17.9 Å². The van der Waals surface area contributed by atoms with Crippen LogP contribution >= 0.6 is 0 Å². The van der Waals surface area contributed by atoms with Gasteiger partial charge in [0.2, 0.25) is 0 Å². The predicted octanol–water partition coefficient (Wildman–Crippen LogP) is 2.94. The van der Waals surface area contributed by atoms with Crippen LogP contribution in [0.1, 0.15) is 22.0 Å². The number of aromatic hydroxyl groups is 1. The SMILES string of the molecule is CNC(=O)c1nn(-c2ccccc2-c2ccc3c(c2)C2C=CC=CC2O3)cc(O)c1=O. The lowest BCUT2D eigenvalue weighted by molar-refractivity contribution is 0.0954. The van der Waals surface area contributed by atoms with Crippen LogP contribution in [0, 0.1) is 0 Å². The number of rotatable bonds is 3. The predicted molar refractivity (Wildman–Crippen MR) is 116 cm³/mol. The number of benzene rings is 2. The molecule has 1 aromatic heterocycles. The van der Waals surface area contributed by atoms with E-state index in [9.17, 15) is 14.7 Å². The highest BCUT2D eigenvalue weighted by Crippen LogP contribution is 2.43. The van der Waals surface area contributed by atoms with Gasteiger partial charge in [-0.25, -0.2) is 4.68 Å². The average molecular weight is 413 g/mol. The number of aromatic nitrogens is 2. The largest absolute Gasteiger partial charge is 0.503 e. The van der Waals surface area contributed by atoms with Crippen molar-refractivity contribution in [1.82, 2.24) is 15.1 Å². The van der Waals surface area contributed by atoms with Crippen molar-refractivity contribution < 1.29 is 14.6 Å². The summed E-state index contributed by atoms with van der Waals surface area (Å²) in [5.41, 5.74) is 2.30. The first-order valence-corrected chi connectivity index (χ1v) is 9.87. The second kappa shape index (κ2) is 7.28. The minimum Gasteiger partial charge on any atom is -0.503 e. The molecule has 2 aromatic carbocycles. The average Bonchev–Trinajstić information content (AvgIpc) is 3.18. The third-order valence-corrected chi connectivity index (χ3v) is 5.52. The Kier molecular flexibility index (Phi) is 4.43. The summed E-state index contributed by atoms with van der Waals surface area (Å²) in [4.78, 5) is 24.2. The third kappa shape index (κ3) is 3.11. The van der Waals surface area contributed by atoms with Crippen LogP contribution in [0.2, 0.25) is 0 Å². The summed E-state index contributed by atoms with van der Waals surface area (Å²) < 4.78 is 7.39. The summed E-state index contributed by atoms with van der Waals surface area (Å²) in [6.07, 6.45) is 9.40. The molecule has 0 saturated carbocycles. The molecule has 0 fully saturated rings. The molecule has 2 aliphatic rings. The molecule has 3 aromatic rings. The number of allylic oxidation sites excluding steroid dienone is 2. The van der Waals surface area contributed by atoms with Crippen LogP contribution in [0.5, 0.6) is 11.5 Å². The summed E-state index contributed by atoms with van der Waals surface area (Å²) in [5.74, 6) is -0.201. The molecule has 0 saturated heterocycles. The van der Waals surface area contributed by atoms with Crippen LogP contribution in [-0.4, -0.2) is 33.9 Å². The Hall–Kier alpha value is -4.13. The standard InChI is InChI=1S/C24H19N3O4/c1-25-24(30)22-23(29)19(28)13-27(26-22)18-8-4-2-6-15(18)14-10-11-21-17(12-14)16-7-3-5-9-20(16)31-21/h2-13,16,20,28H,1H3,(H,25,30). The van der Waals surface area contributed by atoms with Crippen LogP contribution in [-0.2, 0) is 0 Å². The van der Waals surface area contributed by atoms with Crippen molar-refractivity contribution in [3.05, 3.63) is 94.4 Å². The van der Waals surface area contributed by atoms with E-state index in [0.717, 1.165) is 22.4 Å². The van der Waals surface area contributed by atoms with E-state index in [-0.39, 0.29) is 17.7 Å². The number of hydrogen-bond donors (Lipinski definition) is 2. The lowest BCUT2D eigenvalue weighted by atomic mass is 9.90. The Morgan fingerprint density at radius 3 is 2.81 bits per heavy atom. The molecule has 0 spiro atoms. The third-order valence-electron chi connectivity index (χ3n) is 5.52. The quantitative estimate of drug-likeness (QED) is 0.689. The Balaban J connectivity index is 1.64. The van der Waals surface area contributed by atoms with Crippen LogP contribution in [0.15, 0.2) is 77.8 Å². The number of hydrogen-bond acceptors (Lipinski definition) is 5. The molecule has 7 heteroatoms. The molecule has 5 rings (SSSR count). The summed E-state index contributed by atoms with van der Waals surface area (Å²) in [6.45, 7) is 0. The van der Waals surface area contributed by atoms with Crippen LogP contribution in [0.25, 0.3) is 16.8 Å². The van der Waals surface area contributed by atoms with Crippen LogP contribution in [0.3, 0.4) is 0 Å². The van der Waals surface area contributed by atoms with Gasteiger partial charge in [0, 0.05) is 24.1 Å². The molecular formula is C24H19N3O4. The van der Waals surface area contributed by atoms with E-state index in [2.05, 4.69) is 22.6 Å². The number of para-hydroxylation sites is 1. The molecule has 0 radical (unpaired) electrons. The van der Waals surface area contributed by atoms with Gasteiger partial charge in [0.25, 0.3) is 11.3 Å². The molecule has 2 atom stereocenters. The van der Waals surface area contributed by atoms with Gasteiger partial charge >= 0.3 is 0 Å². The van der Waals surface area contributed by atoms with Gasteiger partial charge in [0.1, 0.15) is 11.9 Å². The monoisotopic (exact) mass is 413 g/mol. The summed E-state index contributed by atoms with van der Waals surface area (Å²) in [6, 6.07) is 13.5. The van der Waals surface area contributed by atoms with Crippen LogP contribution < -0.4 is 15.5 Å². The summed E-state index contributed by atoms with van der Waals surface area (Å²) in [7, 11) is 1.40. The summed E-state index contributed by atoms with van der Waals surface area (Å²) >= 11 is 0. The molecule has 1 aliphatic heterocycles. The molecule has 2 unspecified atom stereocenters. The van der Waals surface area contributed by atoms with Gasteiger partial charge in [-0.3, -0.25) is 9.59 Å². The van der Waals surface area contributed by atoms with Crippen molar-refractivity contribution in [2.45, 2.75) is 12.0 Å². The zero-order valence-electron chi connectivity index (χ0n) is 16.6. The number of amides is 1. The lowest BCUT2D eigenvalue weighted by Crippen LogP contribution is -2.29. The Bertz CT molecular complexity index is 1320. The maximum absolute atomic E-state index is 12.2. The first-order chi connectivity index (χ1) is 15.1. The topological polar surface area (TPSA) is 93.5 Å². The van der Waals surface area contributed by atoms with Crippen LogP contribution in [0.4, 0.5) is 0 Å². The van der Waals surface area contributed by atoms with Gasteiger partial charge in [0.15, 0.2) is 11.4 Å². The molecule has 2 heterocycles. The highest BCUT2D eigenvalue weighted by molar-refractivity contribution is 5.92. The Morgan fingerprint density at radius 1 is 1.16 bits per heavy atom. The minimum atomic E-state index is -0.814. The number of carbonyl (C=O) groups excluding carboxylic acids is 1. The first kappa shape index (κ1) is 18.9. The molecule has 2 N–H and O–H groups in total. The van der Waals surface area contributed by atoms with Crippen molar-refractivity contribution in [2.24, 2.45) is 0 Å². The molecule has 1 aliphatic carbocycles. The van der Waals surface area contributed by atoms with Crippen molar-refractivity contribution >= 4 is 5.91 Å². The molecular weight excluding hydrogens is 394 g/mol. The highest BCUT2D eigenvalue weighted by Gasteiger charge is 2.32. The van der Waals surface area contributed by atoms with E-state index in [1.54, 1.807) is 0 Å². The van der Waals surface area contributed by atoms with E-state index >= 15 is 0 Å². The number of carbonyl (C=O) groups is 1. The van der Waals surface area contributed by atoms with E-state index in [4.69, 9.17) is 4.74 Å². The molecule has 31 heavy (non-hydrogen) atoms. The molecule has 154 valence electrons. The number of nitrogens with zero attached hydrogens (tertiary/aromatic N) is 2. The lowest BCUT2D eigenvalue weighted by Gasteiger charge is -2.15. The van der Waals surface area contributed by atoms with Gasteiger partial charge in [-0.2, -0.15) is 5.10 Å². The fraction of sp³-hybridized carbons (Fsp3) is 0.125. The van der Waals surface area contributed by atoms with E-state index < -0.39 is 17.1 Å². The molecule has 1 amide bonds. The second-order valence-corrected chi connectivity index (χ2v) is 7.36. The van der Waals surface area contributed by atoms with Gasteiger partial charge < -0.3 is 15.2 Å². The van der Waals surface area contributed by atoms with Gasteiger partial charge in [-0.15, -0.1) is 0 Å². The summed E-state index contributed by atoms with van der Waals surface area (Å²) in [5, 5.41) is 16.7. The number of ether oxygens (including phenoxy) is 1. The smallest absolute Gasteiger partial charge is 0.275 e. The Morgan fingerprint density at radius 2 is 1.97 bits per heavy atom. The maximum Gasteiger partial charge on any atom is 0.275 e. The van der Waals surface area contributed by atoms with Crippen molar-refractivity contribution in [3.63, 3.8) is 0 Å². The fourth-order valence-corrected chi connectivity index (χ4v) is 4.00. The van der Waals surface area contributed by atoms with Crippen molar-refractivity contribution in [1.29, 1.82) is 0 Å². The van der Waals surface area contributed by atoms with Crippen molar-refractivity contribution in [3.8, 4) is 28.3 Å². The normalized spacial score (nSPS) is 18.2. The highest BCUT2D eigenvalue weighted by atomic mass is 16.5. The van der Waals surface area contributed by atoms with Gasteiger partial charge in [0.05, 0.1) is 11.9 Å². The first-order valence-electron chi connectivity index (χ1n) is 9.87. The Labute approximate surface area is 177 Å². The number of nitrogens with one attached hydrogen (secondary N) is 1. The van der Waals surface area contributed by atoms with Gasteiger partial charge in [-0.1, -0.05) is 42.5 Å². The van der Waals surface area contributed by atoms with E-state index in [0.29, 0.717) is 5.69 Å². The molecule has 0 bridgehead atoms. The minimum absolute atomic E-state index is 0.00167. The van der Waals surface area contributed by atoms with E-state index in [1.807, 2.05) is 54.6 Å². The maximum atomic E-state index is 12.2. The fourth-order valence-electron chi connectivity index (χ4n) is 4.00. The van der Waals surface area contributed by atoms with Gasteiger partial charge in [-0.05, 0) is 29.8 Å². The van der Waals surface area contributed by atoms with Crippen molar-refractivity contribution in [2.75, 3.05) is 7.05 Å². The zero-order chi connectivity index (χ0) is 21.5. The molecule has 7 nitrogen and oxygen atoms in total. The zero-order valence-corrected chi connectivity index (χ0v) is 16.6. The number of fused-ring (bicyclic) bond motifs is 3.